The molecule has 0 spiro atoms. The standard InChI is InChI=1S/C14H16O/c1-3-7-14(12(2)11-15)10-13-8-5-4-6-9-13/h7H,1,4-6,8-9H2,2H3. The first-order valence-electron chi connectivity index (χ1n) is 5.34. The van der Waals surface area contributed by atoms with Gasteiger partial charge in [0.15, 0.2) is 0 Å². The average Bonchev–Trinajstić information content (AvgIpc) is 2.29. The van der Waals surface area contributed by atoms with Crippen LogP contribution in [0, 0.1) is 0 Å². The van der Waals surface area contributed by atoms with Gasteiger partial charge in [-0.25, -0.2) is 4.79 Å². The minimum atomic E-state index is 0.573. The highest BCUT2D eigenvalue weighted by Gasteiger charge is 2.05. The minimum Gasteiger partial charge on any atom is -0.233 e. The predicted molar refractivity (Wildman–Crippen MR) is 62.2 cm³/mol. The predicted octanol–water partition coefficient (Wildman–Crippen LogP) is 3.52. The Morgan fingerprint density at radius 3 is 2.53 bits per heavy atom. The molecule has 0 aromatic carbocycles. The fourth-order valence-electron chi connectivity index (χ4n) is 1.69. The van der Waals surface area contributed by atoms with Crippen molar-refractivity contribution in [2.24, 2.45) is 0 Å². The number of hydrogen-bond acceptors (Lipinski definition) is 1. The van der Waals surface area contributed by atoms with Crippen LogP contribution in [0.5, 0.6) is 0 Å². The van der Waals surface area contributed by atoms with Crippen molar-refractivity contribution >= 4 is 5.94 Å². The molecule has 1 aliphatic rings. The highest BCUT2D eigenvalue weighted by molar-refractivity contribution is 5.62. The van der Waals surface area contributed by atoms with Crippen LogP contribution in [0.25, 0.3) is 0 Å². The van der Waals surface area contributed by atoms with Crippen LogP contribution in [-0.2, 0) is 4.79 Å². The van der Waals surface area contributed by atoms with Crippen LogP contribution in [0.3, 0.4) is 0 Å². The Balaban J connectivity index is 3.10. The lowest BCUT2D eigenvalue weighted by molar-refractivity contribution is 0.567. The van der Waals surface area contributed by atoms with E-state index < -0.39 is 0 Å². The van der Waals surface area contributed by atoms with Crippen molar-refractivity contribution in [3.8, 4) is 0 Å². The molecule has 0 N–H and O–H groups in total. The Labute approximate surface area is 91.2 Å². The Bertz CT molecular complexity index is 385. The normalized spacial score (nSPS) is 14.6. The molecule has 0 heterocycles. The highest BCUT2D eigenvalue weighted by Crippen LogP contribution is 2.22. The van der Waals surface area contributed by atoms with Crippen LogP contribution >= 0.6 is 0 Å². The number of carbonyl (C=O) groups excluding carboxylic acids is 1. The van der Waals surface area contributed by atoms with E-state index in [1.54, 1.807) is 13.0 Å². The lowest BCUT2D eigenvalue weighted by atomic mass is 9.94. The molecule has 1 saturated carbocycles. The summed E-state index contributed by atoms with van der Waals surface area (Å²) in [4.78, 5) is 10.6. The summed E-state index contributed by atoms with van der Waals surface area (Å²) in [6.45, 7) is 5.26. The number of hydrogen-bond donors (Lipinski definition) is 0. The Morgan fingerprint density at radius 1 is 1.33 bits per heavy atom. The van der Waals surface area contributed by atoms with Gasteiger partial charge in [0.25, 0.3) is 0 Å². The molecule has 1 rings (SSSR count). The number of rotatable bonds is 2. The van der Waals surface area contributed by atoms with Crippen LogP contribution in [0.2, 0.25) is 0 Å². The molecular weight excluding hydrogens is 184 g/mol. The van der Waals surface area contributed by atoms with Gasteiger partial charge in [-0.1, -0.05) is 13.0 Å². The SMILES string of the molecule is C=C=CC(=C=C1CCCCC1)C(C)=C=O. The second-order valence-electron chi connectivity index (χ2n) is 3.78. The zero-order valence-corrected chi connectivity index (χ0v) is 9.23. The van der Waals surface area contributed by atoms with Crippen molar-refractivity contribution in [1.29, 1.82) is 0 Å². The first kappa shape index (κ1) is 11.6. The largest absolute Gasteiger partial charge is 0.233 e. The molecule has 1 fully saturated rings. The van der Waals surface area contributed by atoms with E-state index in [4.69, 9.17) is 0 Å². The van der Waals surface area contributed by atoms with Crippen LogP contribution < -0.4 is 0 Å². The summed E-state index contributed by atoms with van der Waals surface area (Å²) in [6.07, 6.45) is 7.66. The van der Waals surface area contributed by atoms with Crippen molar-refractivity contribution in [3.63, 3.8) is 0 Å². The molecule has 0 aromatic heterocycles. The third-order valence-corrected chi connectivity index (χ3v) is 2.57. The molecule has 0 unspecified atom stereocenters. The topological polar surface area (TPSA) is 17.1 Å². The van der Waals surface area contributed by atoms with Gasteiger partial charge in [0.1, 0.15) is 5.94 Å². The second kappa shape index (κ2) is 6.06. The van der Waals surface area contributed by atoms with Crippen molar-refractivity contribution in [1.82, 2.24) is 0 Å². The van der Waals surface area contributed by atoms with Crippen molar-refractivity contribution in [2.45, 2.75) is 39.0 Å². The summed E-state index contributed by atoms with van der Waals surface area (Å²) < 4.78 is 0. The Hall–Kier alpha value is -1.51. The molecule has 0 aliphatic heterocycles. The molecule has 1 heteroatoms. The monoisotopic (exact) mass is 200 g/mol. The Kier molecular flexibility index (Phi) is 4.68. The fraction of sp³-hybridized carbons (Fsp3) is 0.429. The van der Waals surface area contributed by atoms with Crippen LogP contribution in [0.1, 0.15) is 39.0 Å². The van der Waals surface area contributed by atoms with Gasteiger partial charge < -0.3 is 0 Å². The van der Waals surface area contributed by atoms with Crippen molar-refractivity contribution in [2.75, 3.05) is 0 Å². The highest BCUT2D eigenvalue weighted by atomic mass is 16.1. The van der Waals surface area contributed by atoms with E-state index in [2.05, 4.69) is 18.0 Å². The van der Waals surface area contributed by atoms with E-state index >= 15 is 0 Å². The van der Waals surface area contributed by atoms with Crippen LogP contribution in [0.4, 0.5) is 0 Å². The molecule has 0 radical (unpaired) electrons. The van der Waals surface area contributed by atoms with Gasteiger partial charge in [0.2, 0.25) is 0 Å². The van der Waals surface area contributed by atoms with Gasteiger partial charge in [-0.2, -0.15) is 0 Å². The van der Waals surface area contributed by atoms with Gasteiger partial charge in [0, 0.05) is 11.1 Å². The molecule has 15 heavy (non-hydrogen) atoms. The van der Waals surface area contributed by atoms with E-state index in [-0.39, 0.29) is 0 Å². The molecular formula is C14H16O. The third-order valence-electron chi connectivity index (χ3n) is 2.57. The van der Waals surface area contributed by atoms with E-state index in [0.29, 0.717) is 5.57 Å². The van der Waals surface area contributed by atoms with Gasteiger partial charge >= 0.3 is 0 Å². The molecule has 78 valence electrons. The van der Waals surface area contributed by atoms with Crippen molar-refractivity contribution < 1.29 is 4.79 Å². The molecule has 1 nitrogen and oxygen atoms in total. The summed E-state index contributed by atoms with van der Waals surface area (Å²) in [5, 5.41) is 0. The first-order chi connectivity index (χ1) is 7.27. The quantitative estimate of drug-likeness (QED) is 0.378. The maximum atomic E-state index is 10.6. The molecule has 0 amide bonds. The maximum Gasteiger partial charge on any atom is 0.128 e. The molecule has 0 aromatic rings. The van der Waals surface area contributed by atoms with Crippen molar-refractivity contribution in [3.05, 3.63) is 40.8 Å². The third kappa shape index (κ3) is 3.62. The van der Waals surface area contributed by atoms with Gasteiger partial charge in [-0.05, 0) is 44.3 Å². The summed E-state index contributed by atoms with van der Waals surface area (Å²) in [5.74, 6) is 1.89. The van der Waals surface area contributed by atoms with E-state index in [1.165, 1.54) is 24.8 Å². The van der Waals surface area contributed by atoms with E-state index in [9.17, 15) is 4.79 Å². The van der Waals surface area contributed by atoms with Gasteiger partial charge in [-0.3, -0.25) is 0 Å². The molecule has 0 atom stereocenters. The van der Waals surface area contributed by atoms with Gasteiger partial charge in [-0.15, -0.1) is 11.5 Å². The zero-order chi connectivity index (χ0) is 11.1. The van der Waals surface area contributed by atoms with Crippen LogP contribution in [0.15, 0.2) is 40.8 Å². The smallest absolute Gasteiger partial charge is 0.128 e. The summed E-state index contributed by atoms with van der Waals surface area (Å²) >= 11 is 0. The average molecular weight is 200 g/mol. The Morgan fingerprint density at radius 2 is 2.00 bits per heavy atom. The zero-order valence-electron chi connectivity index (χ0n) is 9.23. The fourth-order valence-corrected chi connectivity index (χ4v) is 1.69. The number of allylic oxidation sites excluding steroid dienone is 3. The lowest BCUT2D eigenvalue weighted by Gasteiger charge is -2.10. The van der Waals surface area contributed by atoms with E-state index in [0.717, 1.165) is 18.4 Å². The summed E-state index contributed by atoms with van der Waals surface area (Å²) in [5.41, 5.74) is 8.62. The molecule has 0 bridgehead atoms. The van der Waals surface area contributed by atoms with E-state index in [1.807, 2.05) is 5.94 Å². The summed E-state index contributed by atoms with van der Waals surface area (Å²) in [7, 11) is 0. The first-order valence-corrected chi connectivity index (χ1v) is 5.34. The van der Waals surface area contributed by atoms with Crippen LogP contribution in [-0.4, -0.2) is 5.94 Å². The molecule has 1 aliphatic carbocycles. The lowest BCUT2D eigenvalue weighted by Crippen LogP contribution is -1.92. The minimum absolute atomic E-state index is 0.573. The molecule has 0 saturated heterocycles. The summed E-state index contributed by atoms with van der Waals surface area (Å²) in [6, 6.07) is 0. The second-order valence-corrected chi connectivity index (χ2v) is 3.78. The maximum absolute atomic E-state index is 10.6. The van der Waals surface area contributed by atoms with Gasteiger partial charge in [0.05, 0.1) is 0 Å².